The van der Waals surface area contributed by atoms with Crippen LogP contribution >= 0.6 is 0 Å². The van der Waals surface area contributed by atoms with E-state index in [0.29, 0.717) is 17.7 Å². The van der Waals surface area contributed by atoms with Crippen LogP contribution in [0, 0.1) is 0 Å². The van der Waals surface area contributed by atoms with Gasteiger partial charge in [0.05, 0.1) is 44.1 Å². The predicted molar refractivity (Wildman–Crippen MR) is 263 cm³/mol. The van der Waals surface area contributed by atoms with Gasteiger partial charge in [-0.05, 0) is 66.7 Å². The van der Waals surface area contributed by atoms with Gasteiger partial charge in [0.25, 0.3) is 0 Å². The standard InChI is InChI=1S/C57H35N7/c1-4-18-36(19-5-1)55-58-56(63-47-31-17-12-26-42(47)52-49(63)35-34-48-51(52)41-25-11-15-29-45(41)61(48)37-20-6-2-7-21-37)60-57(59-55)64-44-28-14-10-24-39(44)40-32-33-50-53(54(40)64)43-27-13-16-30-46(43)62(50)38-22-8-3-9-23-38/h1-35H. The van der Waals surface area contributed by atoms with Crippen LogP contribution in [-0.4, -0.2) is 33.2 Å². The molecule has 14 rings (SSSR count). The maximum absolute atomic E-state index is 5.58. The molecule has 0 aliphatic rings. The van der Waals surface area contributed by atoms with E-state index in [1.807, 2.05) is 18.2 Å². The van der Waals surface area contributed by atoms with Crippen LogP contribution in [0.1, 0.15) is 0 Å². The van der Waals surface area contributed by atoms with E-state index in [-0.39, 0.29) is 0 Å². The van der Waals surface area contributed by atoms with Gasteiger partial charge in [-0.25, -0.2) is 0 Å². The van der Waals surface area contributed by atoms with Crippen LogP contribution in [0.2, 0.25) is 0 Å². The van der Waals surface area contributed by atoms with Crippen LogP contribution in [0.4, 0.5) is 0 Å². The number of para-hydroxylation sites is 6. The lowest BCUT2D eigenvalue weighted by atomic mass is 10.1. The molecular formula is C57H35N7. The summed E-state index contributed by atoms with van der Waals surface area (Å²) in [5, 5.41) is 9.26. The van der Waals surface area contributed by atoms with Crippen molar-refractivity contribution in [3.63, 3.8) is 0 Å². The summed E-state index contributed by atoms with van der Waals surface area (Å²) in [6, 6.07) is 75.3. The van der Waals surface area contributed by atoms with Crippen molar-refractivity contribution >= 4 is 87.2 Å². The molecule has 0 aliphatic heterocycles. The van der Waals surface area contributed by atoms with E-state index >= 15 is 0 Å². The molecule has 0 radical (unpaired) electrons. The van der Waals surface area contributed by atoms with E-state index in [1.165, 1.54) is 10.8 Å². The fourth-order valence-electron chi connectivity index (χ4n) is 10.4. The first-order valence-electron chi connectivity index (χ1n) is 21.6. The van der Waals surface area contributed by atoms with Crippen molar-refractivity contribution in [2.45, 2.75) is 0 Å². The molecule has 7 heteroatoms. The maximum Gasteiger partial charge on any atom is 0.240 e. The van der Waals surface area contributed by atoms with Crippen molar-refractivity contribution in [2.75, 3.05) is 0 Å². The smallest absolute Gasteiger partial charge is 0.240 e. The Hall–Kier alpha value is -8.81. The number of hydrogen-bond donors (Lipinski definition) is 0. The van der Waals surface area contributed by atoms with Gasteiger partial charge in [0.15, 0.2) is 5.82 Å². The van der Waals surface area contributed by atoms with Gasteiger partial charge in [0.1, 0.15) is 0 Å². The molecule has 0 unspecified atom stereocenters. The summed E-state index contributed by atoms with van der Waals surface area (Å²) in [4.78, 5) is 16.4. The molecule has 0 saturated carbocycles. The molecule has 14 aromatic rings. The van der Waals surface area contributed by atoms with Crippen molar-refractivity contribution in [3.05, 3.63) is 212 Å². The fraction of sp³-hybridized carbons (Fsp3) is 0. The first-order valence-corrected chi connectivity index (χ1v) is 21.6. The Morgan fingerprint density at radius 3 is 1.20 bits per heavy atom. The third-order valence-corrected chi connectivity index (χ3v) is 13.0. The number of nitrogens with zero attached hydrogens (tertiary/aromatic N) is 7. The van der Waals surface area contributed by atoms with E-state index in [1.54, 1.807) is 0 Å². The third kappa shape index (κ3) is 4.83. The highest BCUT2D eigenvalue weighted by molar-refractivity contribution is 6.29. The summed E-state index contributed by atoms with van der Waals surface area (Å²) in [7, 11) is 0. The topological polar surface area (TPSA) is 58.4 Å². The molecule has 0 N–H and O–H groups in total. The molecule has 64 heavy (non-hydrogen) atoms. The van der Waals surface area contributed by atoms with Crippen LogP contribution < -0.4 is 0 Å². The largest absolute Gasteiger partial charge is 0.309 e. The Balaban J connectivity index is 1.12. The molecule has 0 fully saturated rings. The molecule has 0 aliphatic carbocycles. The molecule has 0 saturated heterocycles. The summed E-state index contributed by atoms with van der Waals surface area (Å²) < 4.78 is 9.25. The van der Waals surface area contributed by atoms with Gasteiger partial charge in [-0.3, -0.25) is 9.13 Å². The summed E-state index contributed by atoms with van der Waals surface area (Å²) >= 11 is 0. The van der Waals surface area contributed by atoms with Gasteiger partial charge < -0.3 is 9.13 Å². The van der Waals surface area contributed by atoms with Gasteiger partial charge in [0.2, 0.25) is 11.9 Å². The zero-order chi connectivity index (χ0) is 41.9. The molecule has 0 bridgehead atoms. The lowest BCUT2D eigenvalue weighted by Crippen LogP contribution is -2.10. The van der Waals surface area contributed by atoms with Crippen LogP contribution in [0.5, 0.6) is 0 Å². The Kier molecular flexibility index (Phi) is 7.27. The lowest BCUT2D eigenvalue weighted by molar-refractivity contribution is 0.894. The first-order chi connectivity index (χ1) is 31.8. The van der Waals surface area contributed by atoms with Gasteiger partial charge in [-0.1, -0.05) is 146 Å². The quantitative estimate of drug-likeness (QED) is 0.174. The average molecular weight is 818 g/mol. The van der Waals surface area contributed by atoms with E-state index in [9.17, 15) is 0 Å². The zero-order valence-corrected chi connectivity index (χ0v) is 34.3. The highest BCUT2D eigenvalue weighted by Gasteiger charge is 2.25. The Bertz CT molecular complexity index is 4180. The number of aromatic nitrogens is 7. The molecule has 5 aromatic heterocycles. The summed E-state index contributed by atoms with van der Waals surface area (Å²) in [6.45, 7) is 0. The van der Waals surface area contributed by atoms with Gasteiger partial charge >= 0.3 is 0 Å². The number of benzene rings is 9. The first kappa shape index (κ1) is 34.9. The second kappa shape index (κ2) is 13.3. The average Bonchev–Trinajstić information content (AvgIpc) is 4.09. The third-order valence-electron chi connectivity index (χ3n) is 13.0. The monoisotopic (exact) mass is 817 g/mol. The Labute approximate surface area is 366 Å². The Morgan fingerprint density at radius 2 is 0.641 bits per heavy atom. The molecule has 0 amide bonds. The second-order valence-electron chi connectivity index (χ2n) is 16.4. The minimum Gasteiger partial charge on any atom is -0.309 e. The highest BCUT2D eigenvalue weighted by Crippen LogP contribution is 2.44. The number of rotatable bonds is 5. The molecule has 298 valence electrons. The second-order valence-corrected chi connectivity index (χ2v) is 16.4. The molecule has 9 aromatic carbocycles. The molecule has 5 heterocycles. The molecule has 0 atom stereocenters. The SMILES string of the molecule is c1ccc(-c2nc(-n3c4ccccc4c4c5c6ccccc6n(-c6ccccc6)c5ccc43)nc(-n3c4ccccc4c4ccc5c(c6ccccc6n5-c5ccccc5)c43)n2)cc1. The Morgan fingerprint density at radius 1 is 0.250 bits per heavy atom. The molecular weight excluding hydrogens is 783 g/mol. The summed E-state index contributed by atoms with van der Waals surface area (Å²) in [5.41, 5.74) is 11.8. The number of fused-ring (bicyclic) bond motifs is 14. The van der Waals surface area contributed by atoms with E-state index in [0.717, 1.165) is 93.4 Å². The molecule has 7 nitrogen and oxygen atoms in total. The van der Waals surface area contributed by atoms with Crippen molar-refractivity contribution in [1.29, 1.82) is 0 Å². The summed E-state index contributed by atoms with van der Waals surface area (Å²) in [6.07, 6.45) is 0. The maximum atomic E-state index is 5.58. The lowest BCUT2D eigenvalue weighted by Gasteiger charge is -2.13. The van der Waals surface area contributed by atoms with E-state index < -0.39 is 0 Å². The van der Waals surface area contributed by atoms with Crippen LogP contribution in [0.15, 0.2) is 212 Å². The van der Waals surface area contributed by atoms with Crippen LogP contribution in [0.3, 0.4) is 0 Å². The van der Waals surface area contributed by atoms with Gasteiger partial charge in [-0.15, -0.1) is 0 Å². The number of hydrogen-bond acceptors (Lipinski definition) is 3. The predicted octanol–water partition coefficient (Wildman–Crippen LogP) is 13.9. The molecule has 0 spiro atoms. The highest BCUT2D eigenvalue weighted by atomic mass is 15.3. The van der Waals surface area contributed by atoms with Gasteiger partial charge in [-0.2, -0.15) is 15.0 Å². The normalized spacial score (nSPS) is 12.1. The van der Waals surface area contributed by atoms with E-state index in [4.69, 9.17) is 15.0 Å². The summed E-state index contributed by atoms with van der Waals surface area (Å²) in [5.74, 6) is 1.69. The van der Waals surface area contributed by atoms with Crippen molar-refractivity contribution < 1.29 is 0 Å². The van der Waals surface area contributed by atoms with Crippen molar-refractivity contribution in [3.8, 4) is 34.7 Å². The van der Waals surface area contributed by atoms with Crippen LogP contribution in [-0.2, 0) is 0 Å². The van der Waals surface area contributed by atoms with Gasteiger partial charge in [0, 0.05) is 60.0 Å². The fourth-order valence-corrected chi connectivity index (χ4v) is 10.4. The van der Waals surface area contributed by atoms with Crippen LogP contribution in [0.25, 0.3) is 122 Å². The zero-order valence-electron chi connectivity index (χ0n) is 34.3. The van der Waals surface area contributed by atoms with Crippen molar-refractivity contribution in [2.24, 2.45) is 0 Å². The minimum absolute atomic E-state index is 0.547. The van der Waals surface area contributed by atoms with Crippen molar-refractivity contribution in [1.82, 2.24) is 33.2 Å². The minimum atomic E-state index is 0.547. The van der Waals surface area contributed by atoms with E-state index in [2.05, 4.69) is 212 Å².